The Kier molecular flexibility index (Phi) is 3.71. The Balaban J connectivity index is 2.35. The highest BCUT2D eigenvalue weighted by Crippen LogP contribution is 2.23. The van der Waals surface area contributed by atoms with Crippen LogP contribution in [0.1, 0.15) is 31.3 Å². The Morgan fingerprint density at radius 2 is 2.21 bits per heavy atom. The highest BCUT2D eigenvalue weighted by molar-refractivity contribution is 9.10. The van der Waals surface area contributed by atoms with Crippen molar-refractivity contribution in [1.29, 1.82) is 0 Å². The Hall–Kier alpha value is -1.30. The van der Waals surface area contributed by atoms with Crippen LogP contribution in [0.2, 0.25) is 0 Å². The number of aryl methyl sites for hydroxylation is 1. The number of carbonyl (C=O) groups is 2. The van der Waals surface area contributed by atoms with Crippen molar-refractivity contribution in [3.8, 4) is 0 Å². The minimum absolute atomic E-state index is 0.104. The molecule has 1 aliphatic heterocycles. The molecule has 1 aromatic rings. The van der Waals surface area contributed by atoms with Gasteiger partial charge in [-0.25, -0.2) is 0 Å². The van der Waals surface area contributed by atoms with E-state index in [-0.39, 0.29) is 11.8 Å². The van der Waals surface area contributed by atoms with Gasteiger partial charge in [0.2, 0.25) is 5.91 Å². The Bertz CT molecular complexity index is 522. The fourth-order valence-electron chi connectivity index (χ4n) is 2.31. The molecule has 0 saturated carbocycles. The summed E-state index contributed by atoms with van der Waals surface area (Å²) in [6.07, 6.45) is 1.88. The zero-order chi connectivity index (χ0) is 14.2. The van der Waals surface area contributed by atoms with Crippen LogP contribution in [0, 0.1) is 0 Å². The first-order chi connectivity index (χ1) is 8.87. The first-order valence-electron chi connectivity index (χ1n) is 6.34. The third kappa shape index (κ3) is 2.41. The van der Waals surface area contributed by atoms with Crippen molar-refractivity contribution in [3.63, 3.8) is 0 Å². The van der Waals surface area contributed by atoms with Crippen LogP contribution in [-0.4, -0.2) is 39.9 Å². The number of piperazine rings is 1. The second-order valence-corrected chi connectivity index (χ2v) is 6.02. The molecular weight excluding hydrogens is 310 g/mol. The van der Waals surface area contributed by atoms with Gasteiger partial charge in [0.15, 0.2) is 0 Å². The van der Waals surface area contributed by atoms with Crippen LogP contribution in [0.25, 0.3) is 0 Å². The average Bonchev–Trinajstić information content (AvgIpc) is 2.73. The van der Waals surface area contributed by atoms with E-state index in [9.17, 15) is 9.59 Å². The fraction of sp³-hybridized carbons (Fsp3) is 0.538. The quantitative estimate of drug-likeness (QED) is 0.897. The molecule has 0 aromatic carbocycles. The van der Waals surface area contributed by atoms with Gasteiger partial charge in [-0.2, -0.15) is 0 Å². The number of hydrogen-bond acceptors (Lipinski definition) is 2. The van der Waals surface area contributed by atoms with Gasteiger partial charge in [-0.15, -0.1) is 0 Å². The number of carbonyl (C=O) groups excluding carboxylic acids is 2. The molecule has 1 fully saturated rings. The molecule has 6 heteroatoms. The van der Waals surface area contributed by atoms with Crippen LogP contribution in [0.15, 0.2) is 16.7 Å². The molecule has 0 aliphatic carbocycles. The van der Waals surface area contributed by atoms with Crippen molar-refractivity contribution in [2.45, 2.75) is 32.9 Å². The zero-order valence-electron chi connectivity index (χ0n) is 11.4. The predicted octanol–water partition coefficient (Wildman–Crippen LogP) is 1.62. The van der Waals surface area contributed by atoms with Gasteiger partial charge in [0, 0.05) is 30.3 Å². The van der Waals surface area contributed by atoms with E-state index in [1.165, 1.54) is 0 Å². The van der Waals surface area contributed by atoms with E-state index in [2.05, 4.69) is 21.2 Å². The molecule has 0 unspecified atom stereocenters. The highest BCUT2D eigenvalue weighted by Gasteiger charge is 2.41. The van der Waals surface area contributed by atoms with Gasteiger partial charge in [0.1, 0.15) is 11.2 Å². The highest BCUT2D eigenvalue weighted by atomic mass is 79.9. The predicted molar refractivity (Wildman–Crippen MR) is 75.9 cm³/mol. The molecule has 0 atom stereocenters. The van der Waals surface area contributed by atoms with Crippen molar-refractivity contribution >= 4 is 27.7 Å². The monoisotopic (exact) mass is 327 g/mol. The molecular formula is C13H18BrN3O2. The minimum atomic E-state index is -0.815. The molecule has 1 aliphatic rings. The summed E-state index contributed by atoms with van der Waals surface area (Å²) in [7, 11) is 0. The number of halogens is 1. The third-order valence-electron chi connectivity index (χ3n) is 3.52. The van der Waals surface area contributed by atoms with Gasteiger partial charge in [-0.3, -0.25) is 9.59 Å². The SMILES string of the molecule is CCn1cc(Br)cc1C(=O)N1CCNC(=O)C1(C)C. The summed E-state index contributed by atoms with van der Waals surface area (Å²) in [6.45, 7) is 7.28. The first kappa shape index (κ1) is 14.1. The number of amides is 2. The van der Waals surface area contributed by atoms with Crippen molar-refractivity contribution in [1.82, 2.24) is 14.8 Å². The van der Waals surface area contributed by atoms with Gasteiger partial charge in [0.05, 0.1) is 0 Å². The maximum atomic E-state index is 12.7. The summed E-state index contributed by atoms with van der Waals surface area (Å²) in [5.74, 6) is -0.215. The molecule has 0 spiro atoms. The molecule has 1 N–H and O–H groups in total. The van der Waals surface area contributed by atoms with Crippen molar-refractivity contribution < 1.29 is 9.59 Å². The normalized spacial score (nSPS) is 18.3. The average molecular weight is 328 g/mol. The largest absolute Gasteiger partial charge is 0.352 e. The maximum absolute atomic E-state index is 12.7. The minimum Gasteiger partial charge on any atom is -0.352 e. The lowest BCUT2D eigenvalue weighted by molar-refractivity contribution is -0.133. The first-order valence-corrected chi connectivity index (χ1v) is 7.13. The summed E-state index contributed by atoms with van der Waals surface area (Å²) >= 11 is 3.39. The lowest BCUT2D eigenvalue weighted by Crippen LogP contribution is -2.63. The van der Waals surface area contributed by atoms with Crippen LogP contribution >= 0.6 is 15.9 Å². The number of rotatable bonds is 2. The lowest BCUT2D eigenvalue weighted by atomic mass is 9.98. The fourth-order valence-corrected chi connectivity index (χ4v) is 2.77. The van der Waals surface area contributed by atoms with Crippen LogP contribution in [0.3, 0.4) is 0 Å². The van der Waals surface area contributed by atoms with E-state index in [1.807, 2.05) is 17.7 Å². The standard InChI is InChI=1S/C13H18BrN3O2/c1-4-16-8-9(14)7-10(16)11(18)17-6-5-15-12(19)13(17,2)3/h7-8H,4-6H2,1-3H3,(H,15,19). The molecule has 104 valence electrons. The lowest BCUT2D eigenvalue weighted by Gasteiger charge is -2.41. The Morgan fingerprint density at radius 3 is 2.84 bits per heavy atom. The van der Waals surface area contributed by atoms with Crippen molar-refractivity contribution in [3.05, 3.63) is 22.4 Å². The van der Waals surface area contributed by atoms with Crippen LogP contribution in [-0.2, 0) is 11.3 Å². The molecule has 5 nitrogen and oxygen atoms in total. The van der Waals surface area contributed by atoms with E-state index >= 15 is 0 Å². The van der Waals surface area contributed by atoms with Crippen LogP contribution in [0.5, 0.6) is 0 Å². The number of hydrogen-bond donors (Lipinski definition) is 1. The summed E-state index contributed by atoms with van der Waals surface area (Å²) in [5.41, 5.74) is -0.206. The third-order valence-corrected chi connectivity index (χ3v) is 3.95. The number of nitrogens with one attached hydrogen (secondary N) is 1. The number of aromatic nitrogens is 1. The van der Waals surface area contributed by atoms with E-state index in [0.717, 1.165) is 4.47 Å². The zero-order valence-corrected chi connectivity index (χ0v) is 13.0. The molecule has 0 radical (unpaired) electrons. The van der Waals surface area contributed by atoms with E-state index < -0.39 is 5.54 Å². The van der Waals surface area contributed by atoms with Gasteiger partial charge < -0.3 is 14.8 Å². The molecule has 1 saturated heterocycles. The van der Waals surface area contributed by atoms with Gasteiger partial charge in [-0.1, -0.05) is 0 Å². The van der Waals surface area contributed by atoms with E-state index in [1.54, 1.807) is 24.8 Å². The van der Waals surface area contributed by atoms with Crippen LogP contribution in [0.4, 0.5) is 0 Å². The van der Waals surface area contributed by atoms with Gasteiger partial charge in [0.25, 0.3) is 5.91 Å². The van der Waals surface area contributed by atoms with Gasteiger partial charge in [-0.05, 0) is 42.8 Å². The summed E-state index contributed by atoms with van der Waals surface area (Å²) in [6, 6.07) is 1.80. The van der Waals surface area contributed by atoms with E-state index in [0.29, 0.717) is 25.3 Å². The maximum Gasteiger partial charge on any atom is 0.271 e. The van der Waals surface area contributed by atoms with E-state index in [4.69, 9.17) is 0 Å². The molecule has 1 aromatic heterocycles. The molecule has 2 amide bonds. The Morgan fingerprint density at radius 1 is 1.53 bits per heavy atom. The summed E-state index contributed by atoms with van der Waals surface area (Å²) in [4.78, 5) is 26.2. The second kappa shape index (κ2) is 5.00. The van der Waals surface area contributed by atoms with Gasteiger partial charge >= 0.3 is 0 Å². The van der Waals surface area contributed by atoms with Crippen molar-refractivity contribution in [2.75, 3.05) is 13.1 Å². The van der Waals surface area contributed by atoms with Crippen LogP contribution < -0.4 is 5.32 Å². The molecule has 0 bridgehead atoms. The number of nitrogens with zero attached hydrogens (tertiary/aromatic N) is 2. The topological polar surface area (TPSA) is 54.3 Å². The molecule has 2 heterocycles. The summed E-state index contributed by atoms with van der Waals surface area (Å²) in [5, 5.41) is 2.79. The Labute approximate surface area is 121 Å². The smallest absolute Gasteiger partial charge is 0.271 e. The van der Waals surface area contributed by atoms with Crippen molar-refractivity contribution in [2.24, 2.45) is 0 Å². The molecule has 19 heavy (non-hydrogen) atoms. The summed E-state index contributed by atoms with van der Waals surface area (Å²) < 4.78 is 2.76. The molecule has 2 rings (SSSR count). The second-order valence-electron chi connectivity index (χ2n) is 5.10.